The number of carbonyl (C=O) groups is 1. The largest absolute Gasteiger partial charge is 0.478 e. The topological polar surface area (TPSA) is 53.4 Å². The lowest BCUT2D eigenvalue weighted by Gasteiger charge is -2.29. The van der Waals surface area contributed by atoms with Gasteiger partial charge >= 0.3 is 5.97 Å². The Labute approximate surface area is 112 Å². The smallest absolute Gasteiger partial charge is 0.337 e. The Hall–Kier alpha value is -1.29. The van der Waals surface area contributed by atoms with Gasteiger partial charge in [-0.05, 0) is 25.8 Å². The third kappa shape index (κ3) is 2.58. The summed E-state index contributed by atoms with van der Waals surface area (Å²) in [5, 5.41) is 9.27. The molecule has 98 valence electrons. The van der Waals surface area contributed by atoms with Crippen molar-refractivity contribution in [2.45, 2.75) is 38.6 Å². The van der Waals surface area contributed by atoms with Crippen LogP contribution in [0.5, 0.6) is 0 Å². The van der Waals surface area contributed by atoms with Gasteiger partial charge in [0.1, 0.15) is 5.82 Å². The highest BCUT2D eigenvalue weighted by Gasteiger charge is 2.23. The summed E-state index contributed by atoms with van der Waals surface area (Å²) in [6, 6.07) is 2.05. The van der Waals surface area contributed by atoms with E-state index in [-0.39, 0.29) is 10.6 Å². The first-order valence-corrected chi connectivity index (χ1v) is 6.66. The minimum atomic E-state index is -1.01. The second kappa shape index (κ2) is 5.57. The highest BCUT2D eigenvalue weighted by molar-refractivity contribution is 6.33. The summed E-state index contributed by atoms with van der Waals surface area (Å²) >= 11 is 5.84. The predicted molar refractivity (Wildman–Crippen MR) is 71.5 cm³/mol. The third-order valence-electron chi connectivity index (χ3n) is 3.47. The van der Waals surface area contributed by atoms with Crippen molar-refractivity contribution in [1.82, 2.24) is 4.98 Å². The molecular weight excluding hydrogens is 252 g/mol. The summed E-state index contributed by atoms with van der Waals surface area (Å²) in [4.78, 5) is 17.5. The summed E-state index contributed by atoms with van der Waals surface area (Å²) in [6.07, 6.45) is 6.21. The van der Waals surface area contributed by atoms with E-state index in [1.807, 2.05) is 0 Å². The summed E-state index contributed by atoms with van der Waals surface area (Å²) in [6.45, 7) is 2.90. The van der Waals surface area contributed by atoms with Crippen LogP contribution < -0.4 is 4.90 Å². The number of hydrogen-bond donors (Lipinski definition) is 1. The average molecular weight is 269 g/mol. The van der Waals surface area contributed by atoms with Crippen molar-refractivity contribution < 1.29 is 9.90 Å². The fourth-order valence-electron chi connectivity index (χ4n) is 2.57. The number of halogens is 1. The molecule has 2 rings (SSSR count). The van der Waals surface area contributed by atoms with Gasteiger partial charge in [-0.1, -0.05) is 24.4 Å². The second-order valence-corrected chi connectivity index (χ2v) is 4.96. The molecule has 1 aliphatic rings. The third-order valence-corrected chi connectivity index (χ3v) is 3.77. The number of nitrogens with zero attached hydrogens (tertiary/aromatic N) is 2. The van der Waals surface area contributed by atoms with E-state index in [2.05, 4.69) is 16.8 Å². The van der Waals surface area contributed by atoms with E-state index in [1.165, 1.54) is 19.0 Å². The van der Waals surface area contributed by atoms with Gasteiger partial charge in [-0.25, -0.2) is 9.78 Å². The Morgan fingerprint density at radius 2 is 2.22 bits per heavy atom. The van der Waals surface area contributed by atoms with Gasteiger partial charge < -0.3 is 10.0 Å². The van der Waals surface area contributed by atoms with Crippen molar-refractivity contribution in [2.75, 3.05) is 11.4 Å². The van der Waals surface area contributed by atoms with Crippen molar-refractivity contribution in [2.24, 2.45) is 0 Å². The monoisotopic (exact) mass is 268 g/mol. The number of pyridine rings is 1. The maximum atomic E-state index is 11.1. The van der Waals surface area contributed by atoms with Crippen LogP contribution in [0.1, 0.15) is 43.0 Å². The van der Waals surface area contributed by atoms with E-state index < -0.39 is 5.97 Å². The zero-order chi connectivity index (χ0) is 13.1. The number of carboxylic acid groups (broad SMARTS) is 1. The summed E-state index contributed by atoms with van der Waals surface area (Å²) in [5.41, 5.74) is 0.123. The lowest BCUT2D eigenvalue weighted by atomic mass is 10.2. The van der Waals surface area contributed by atoms with Crippen LogP contribution in [0.25, 0.3) is 0 Å². The van der Waals surface area contributed by atoms with Crippen LogP contribution >= 0.6 is 11.6 Å². The van der Waals surface area contributed by atoms with Crippen LogP contribution in [-0.4, -0.2) is 28.6 Å². The number of hydrogen-bond acceptors (Lipinski definition) is 3. The molecule has 1 N–H and O–H groups in total. The quantitative estimate of drug-likeness (QED) is 0.911. The van der Waals surface area contributed by atoms with Gasteiger partial charge in [-0.2, -0.15) is 0 Å². The van der Waals surface area contributed by atoms with Crippen molar-refractivity contribution >= 4 is 23.4 Å². The maximum absolute atomic E-state index is 11.1. The summed E-state index contributed by atoms with van der Waals surface area (Å²) < 4.78 is 0. The van der Waals surface area contributed by atoms with E-state index in [0.717, 1.165) is 19.4 Å². The lowest BCUT2D eigenvalue weighted by molar-refractivity contribution is 0.0697. The Balaban J connectivity index is 2.30. The molecule has 0 saturated heterocycles. The molecule has 0 bridgehead atoms. The molecule has 1 fully saturated rings. The van der Waals surface area contributed by atoms with Crippen LogP contribution in [0.4, 0.5) is 5.82 Å². The van der Waals surface area contributed by atoms with Gasteiger partial charge in [0.25, 0.3) is 0 Å². The van der Waals surface area contributed by atoms with E-state index in [0.29, 0.717) is 11.9 Å². The second-order valence-electron chi connectivity index (χ2n) is 4.55. The summed E-state index contributed by atoms with van der Waals surface area (Å²) in [5.74, 6) is -0.294. The predicted octanol–water partition coefficient (Wildman–Crippen LogP) is 3.20. The fourth-order valence-corrected chi connectivity index (χ4v) is 2.76. The maximum Gasteiger partial charge on any atom is 0.337 e. The SMILES string of the molecule is CCN(c1cc(C(=O)O)c(Cl)cn1)C1CCCC1. The van der Waals surface area contributed by atoms with Crippen LogP contribution in [0.2, 0.25) is 5.02 Å². The first kappa shape index (κ1) is 13.1. The molecule has 1 heterocycles. The van der Waals surface area contributed by atoms with Gasteiger partial charge in [0.15, 0.2) is 0 Å². The normalized spacial score (nSPS) is 15.9. The minimum Gasteiger partial charge on any atom is -0.478 e. The van der Waals surface area contributed by atoms with E-state index >= 15 is 0 Å². The van der Waals surface area contributed by atoms with Crippen LogP contribution in [0.3, 0.4) is 0 Å². The van der Waals surface area contributed by atoms with Gasteiger partial charge in [-0.3, -0.25) is 0 Å². The average Bonchev–Trinajstić information content (AvgIpc) is 2.85. The molecule has 1 aromatic rings. The molecule has 1 aromatic heterocycles. The molecule has 0 amide bonds. The Morgan fingerprint density at radius 3 is 2.78 bits per heavy atom. The molecule has 1 saturated carbocycles. The zero-order valence-electron chi connectivity index (χ0n) is 10.4. The van der Waals surface area contributed by atoms with Crippen LogP contribution in [0.15, 0.2) is 12.3 Å². The standard InChI is InChI=1S/C13H17ClN2O2/c1-2-16(9-5-3-4-6-9)12-7-10(13(17)18)11(14)8-15-12/h7-9H,2-6H2,1H3,(H,17,18). The lowest BCUT2D eigenvalue weighted by Crippen LogP contribution is -2.33. The molecule has 1 aliphatic carbocycles. The Morgan fingerprint density at radius 1 is 1.56 bits per heavy atom. The van der Waals surface area contributed by atoms with E-state index in [9.17, 15) is 4.79 Å². The molecule has 0 aromatic carbocycles. The van der Waals surface area contributed by atoms with Crippen LogP contribution in [-0.2, 0) is 0 Å². The molecular formula is C13H17ClN2O2. The highest BCUT2D eigenvalue weighted by atomic mass is 35.5. The molecule has 0 radical (unpaired) electrons. The molecule has 18 heavy (non-hydrogen) atoms. The van der Waals surface area contributed by atoms with E-state index in [4.69, 9.17) is 16.7 Å². The Bertz CT molecular complexity index is 445. The number of carboxylic acids is 1. The Kier molecular flexibility index (Phi) is 4.07. The van der Waals surface area contributed by atoms with Crippen molar-refractivity contribution in [3.05, 3.63) is 22.8 Å². The number of rotatable bonds is 4. The number of aromatic carboxylic acids is 1. The van der Waals surface area contributed by atoms with Crippen molar-refractivity contribution in [3.63, 3.8) is 0 Å². The first-order valence-electron chi connectivity index (χ1n) is 6.29. The van der Waals surface area contributed by atoms with Crippen LogP contribution in [0, 0.1) is 0 Å². The summed E-state index contributed by atoms with van der Waals surface area (Å²) in [7, 11) is 0. The first-order chi connectivity index (χ1) is 8.63. The van der Waals surface area contributed by atoms with Crippen molar-refractivity contribution in [3.8, 4) is 0 Å². The molecule has 0 atom stereocenters. The van der Waals surface area contributed by atoms with Gasteiger partial charge in [0.05, 0.1) is 10.6 Å². The molecule has 0 aliphatic heterocycles. The van der Waals surface area contributed by atoms with E-state index in [1.54, 1.807) is 6.07 Å². The van der Waals surface area contributed by atoms with Gasteiger partial charge in [0, 0.05) is 18.8 Å². The highest BCUT2D eigenvalue weighted by Crippen LogP contribution is 2.28. The number of anilines is 1. The van der Waals surface area contributed by atoms with Gasteiger partial charge in [0.2, 0.25) is 0 Å². The van der Waals surface area contributed by atoms with Crippen molar-refractivity contribution in [1.29, 1.82) is 0 Å². The molecule has 5 heteroatoms. The minimum absolute atomic E-state index is 0.123. The number of aromatic nitrogens is 1. The zero-order valence-corrected chi connectivity index (χ0v) is 11.2. The molecule has 4 nitrogen and oxygen atoms in total. The molecule has 0 unspecified atom stereocenters. The molecule has 0 spiro atoms. The van der Waals surface area contributed by atoms with Gasteiger partial charge in [-0.15, -0.1) is 0 Å². The fraction of sp³-hybridized carbons (Fsp3) is 0.538.